The Morgan fingerprint density at radius 1 is 0.906 bits per heavy atom. The molecule has 2 fully saturated rings. The van der Waals surface area contributed by atoms with Gasteiger partial charge < -0.3 is 9.47 Å². The Morgan fingerprint density at radius 2 is 1.47 bits per heavy atom. The summed E-state index contributed by atoms with van der Waals surface area (Å²) in [5.41, 5.74) is -2.24. The molecule has 11 nitrogen and oxygen atoms in total. The fourth-order valence-electron chi connectivity index (χ4n) is 4.18. The van der Waals surface area contributed by atoms with E-state index in [0.717, 1.165) is 6.07 Å². The molecule has 2 aromatic carbocycles. The van der Waals surface area contributed by atoms with Crippen LogP contribution in [0.2, 0.25) is 0 Å². The zero-order valence-electron chi connectivity index (χ0n) is 16.8. The van der Waals surface area contributed by atoms with Gasteiger partial charge in [-0.15, -0.1) is 0 Å². The van der Waals surface area contributed by atoms with Crippen molar-refractivity contribution in [3.63, 3.8) is 0 Å². The maximum Gasteiger partial charge on any atom is 0.328 e. The van der Waals surface area contributed by atoms with Crippen LogP contribution >= 0.6 is 0 Å². The standard InChI is InChI=1S/C21H16N2O9/c1-20(2)31-18(25)21(19(26)32-20)15(11-6-8-13(9-7-11)22(27)28)16(21)17(24)12-4-3-5-14(10-12)23(29)30/h3-10,15-16H,1-2H3/t15-,16+/m1/s1. The molecule has 2 atom stereocenters. The van der Waals surface area contributed by atoms with Crippen molar-refractivity contribution in [1.29, 1.82) is 0 Å². The lowest BCUT2D eigenvalue weighted by atomic mass is 9.95. The maximum absolute atomic E-state index is 13.3. The molecule has 0 bridgehead atoms. The molecule has 164 valence electrons. The topological polar surface area (TPSA) is 156 Å². The molecule has 1 saturated heterocycles. The van der Waals surface area contributed by atoms with E-state index < -0.39 is 50.6 Å². The zero-order chi connectivity index (χ0) is 23.4. The van der Waals surface area contributed by atoms with Crippen molar-refractivity contribution in [3.8, 4) is 0 Å². The minimum absolute atomic E-state index is 0.0570. The summed E-state index contributed by atoms with van der Waals surface area (Å²) in [4.78, 5) is 60.1. The number of esters is 2. The van der Waals surface area contributed by atoms with Crippen molar-refractivity contribution < 1.29 is 33.7 Å². The highest BCUT2D eigenvalue weighted by Crippen LogP contribution is 2.68. The van der Waals surface area contributed by atoms with E-state index in [1.807, 2.05) is 0 Å². The number of rotatable bonds is 5. The fraction of sp³-hybridized carbons (Fsp3) is 0.286. The molecule has 4 rings (SSSR count). The minimum Gasteiger partial charge on any atom is -0.422 e. The number of hydrogen-bond donors (Lipinski definition) is 0. The molecule has 0 aromatic heterocycles. The largest absolute Gasteiger partial charge is 0.422 e. The quantitative estimate of drug-likeness (QED) is 0.224. The van der Waals surface area contributed by atoms with Gasteiger partial charge >= 0.3 is 11.9 Å². The van der Waals surface area contributed by atoms with Crippen LogP contribution in [0.1, 0.15) is 35.7 Å². The lowest BCUT2D eigenvalue weighted by Crippen LogP contribution is -2.49. The molecule has 0 radical (unpaired) electrons. The Balaban J connectivity index is 1.79. The third-order valence-corrected chi connectivity index (χ3v) is 5.64. The number of ether oxygens (including phenoxy) is 2. The van der Waals surface area contributed by atoms with Crippen LogP contribution < -0.4 is 0 Å². The van der Waals surface area contributed by atoms with Crippen LogP contribution in [0.4, 0.5) is 11.4 Å². The van der Waals surface area contributed by atoms with Gasteiger partial charge in [-0.1, -0.05) is 24.3 Å². The van der Waals surface area contributed by atoms with Gasteiger partial charge in [0.15, 0.2) is 11.2 Å². The molecule has 11 heteroatoms. The lowest BCUT2D eigenvalue weighted by Gasteiger charge is -2.34. The summed E-state index contributed by atoms with van der Waals surface area (Å²) >= 11 is 0. The number of hydrogen-bond acceptors (Lipinski definition) is 9. The van der Waals surface area contributed by atoms with E-state index in [-0.39, 0.29) is 16.9 Å². The number of ketones is 1. The van der Waals surface area contributed by atoms with Crippen LogP contribution in [0.25, 0.3) is 0 Å². The smallest absolute Gasteiger partial charge is 0.328 e. The van der Waals surface area contributed by atoms with E-state index in [4.69, 9.17) is 9.47 Å². The van der Waals surface area contributed by atoms with Crippen molar-refractivity contribution in [3.05, 3.63) is 79.9 Å². The van der Waals surface area contributed by atoms with Crippen LogP contribution in [0, 0.1) is 31.6 Å². The van der Waals surface area contributed by atoms with Crippen LogP contribution in [-0.2, 0) is 19.1 Å². The summed E-state index contributed by atoms with van der Waals surface area (Å²) < 4.78 is 10.5. The van der Waals surface area contributed by atoms with E-state index in [9.17, 15) is 34.6 Å². The first-order valence-corrected chi connectivity index (χ1v) is 9.49. The number of carbonyl (C=O) groups excluding carboxylic acids is 3. The van der Waals surface area contributed by atoms with Gasteiger partial charge in [0, 0.05) is 49.6 Å². The first kappa shape index (κ1) is 21.1. The summed E-state index contributed by atoms with van der Waals surface area (Å²) in [6, 6.07) is 10.0. The average Bonchev–Trinajstić information content (AvgIpc) is 3.43. The Hall–Kier alpha value is -4.15. The number of Topliss-reactive ketones (excluding diaryl/α,β-unsaturated/α-hetero) is 1. The van der Waals surface area contributed by atoms with Gasteiger partial charge in [0.1, 0.15) is 0 Å². The molecule has 0 N–H and O–H groups in total. The zero-order valence-corrected chi connectivity index (χ0v) is 16.8. The highest BCUT2D eigenvalue weighted by Gasteiger charge is 2.81. The van der Waals surface area contributed by atoms with E-state index in [1.54, 1.807) is 0 Å². The monoisotopic (exact) mass is 440 g/mol. The second kappa shape index (κ2) is 6.94. The van der Waals surface area contributed by atoms with Crippen molar-refractivity contribution >= 4 is 29.1 Å². The average molecular weight is 440 g/mol. The van der Waals surface area contributed by atoms with Gasteiger partial charge in [-0.25, -0.2) is 0 Å². The normalized spacial score (nSPS) is 22.6. The molecule has 1 spiro atoms. The van der Waals surface area contributed by atoms with Crippen LogP contribution in [-0.4, -0.2) is 33.4 Å². The maximum atomic E-state index is 13.3. The minimum atomic E-state index is -1.98. The Bertz CT molecular complexity index is 1170. The molecule has 2 aromatic rings. The van der Waals surface area contributed by atoms with Crippen molar-refractivity contribution in [2.24, 2.45) is 11.3 Å². The van der Waals surface area contributed by atoms with Gasteiger partial charge in [0.25, 0.3) is 17.2 Å². The van der Waals surface area contributed by atoms with Gasteiger partial charge in [-0.2, -0.15) is 0 Å². The second-order valence-electron chi connectivity index (χ2n) is 8.02. The number of benzene rings is 2. The number of cyclic esters (lactones) is 2. The molecule has 1 heterocycles. The van der Waals surface area contributed by atoms with Crippen LogP contribution in [0.5, 0.6) is 0 Å². The highest BCUT2D eigenvalue weighted by molar-refractivity contribution is 6.17. The summed E-state index contributed by atoms with van der Waals surface area (Å²) in [5, 5.41) is 22.1. The second-order valence-corrected chi connectivity index (χ2v) is 8.02. The van der Waals surface area contributed by atoms with E-state index in [0.29, 0.717) is 5.56 Å². The molecular formula is C21H16N2O9. The molecule has 1 aliphatic heterocycles. The molecule has 0 unspecified atom stereocenters. The van der Waals surface area contributed by atoms with Gasteiger partial charge in [-0.3, -0.25) is 34.6 Å². The number of carbonyl (C=O) groups is 3. The summed E-state index contributed by atoms with van der Waals surface area (Å²) in [5.74, 6) is -6.36. The van der Waals surface area contributed by atoms with E-state index in [2.05, 4.69) is 0 Å². The van der Waals surface area contributed by atoms with Crippen molar-refractivity contribution in [2.45, 2.75) is 25.6 Å². The Labute approximate surface area is 180 Å². The molecule has 0 amide bonds. The number of non-ortho nitro benzene ring substituents is 2. The molecule has 1 saturated carbocycles. The molecule has 32 heavy (non-hydrogen) atoms. The number of nitro groups is 2. The van der Waals surface area contributed by atoms with Crippen LogP contribution in [0.15, 0.2) is 48.5 Å². The third-order valence-electron chi connectivity index (χ3n) is 5.64. The lowest BCUT2D eigenvalue weighted by molar-refractivity contribution is -0.385. The van der Waals surface area contributed by atoms with Crippen molar-refractivity contribution in [1.82, 2.24) is 0 Å². The molecule has 2 aliphatic rings. The van der Waals surface area contributed by atoms with Gasteiger partial charge in [0.05, 0.1) is 15.8 Å². The molecule has 1 aliphatic carbocycles. The van der Waals surface area contributed by atoms with E-state index >= 15 is 0 Å². The fourth-order valence-corrected chi connectivity index (χ4v) is 4.18. The first-order chi connectivity index (χ1) is 15.0. The van der Waals surface area contributed by atoms with Gasteiger partial charge in [-0.05, 0) is 5.56 Å². The highest BCUT2D eigenvalue weighted by atomic mass is 16.7. The first-order valence-electron chi connectivity index (χ1n) is 9.49. The summed E-state index contributed by atoms with van der Waals surface area (Å²) in [6.07, 6.45) is 0. The van der Waals surface area contributed by atoms with Crippen molar-refractivity contribution in [2.75, 3.05) is 0 Å². The van der Waals surface area contributed by atoms with E-state index in [1.165, 1.54) is 56.3 Å². The van der Waals surface area contributed by atoms with Gasteiger partial charge in [0.2, 0.25) is 0 Å². The number of nitrogens with zero attached hydrogens (tertiary/aromatic N) is 2. The molecular weight excluding hydrogens is 424 g/mol. The predicted molar refractivity (Wildman–Crippen MR) is 105 cm³/mol. The number of nitro benzene ring substituents is 2. The third kappa shape index (κ3) is 3.09. The summed E-state index contributed by atoms with van der Waals surface area (Å²) in [6.45, 7) is 2.74. The Morgan fingerprint density at radius 3 is 2.00 bits per heavy atom. The SMILES string of the molecule is CC1(C)OC(=O)C2(C(=O)O1)[C@H](C(=O)c1cccc([N+](=O)[O-])c1)[C@H]2c1ccc([N+](=O)[O-])cc1. The predicted octanol–water partition coefficient (Wildman–Crippen LogP) is 2.92. The summed E-state index contributed by atoms with van der Waals surface area (Å²) in [7, 11) is 0. The Kier molecular flexibility index (Phi) is 4.57. The van der Waals surface area contributed by atoms with Crippen LogP contribution in [0.3, 0.4) is 0 Å².